The maximum atomic E-state index is 13.7. The second-order valence-electron chi connectivity index (χ2n) is 7.87. The molecule has 1 unspecified atom stereocenters. The standard InChI is InChI=1S/C25H25ClN2O4S/c26-20-12-14-23(15-13-20)33(30,31)28(24-11-4-5-16-27-25(24)29)18-19-7-6-10-22(17-19)32-21-8-2-1-3-9-21/h1-3,6-10,12-15,17,24H,4-5,11,16,18H2,(H,27,29). The number of hydrogen-bond donors (Lipinski definition) is 1. The molecule has 172 valence electrons. The summed E-state index contributed by atoms with van der Waals surface area (Å²) in [4.78, 5) is 12.9. The average molecular weight is 485 g/mol. The minimum Gasteiger partial charge on any atom is -0.457 e. The fraction of sp³-hybridized carbons (Fsp3) is 0.240. The van der Waals surface area contributed by atoms with E-state index in [1.807, 2.05) is 48.5 Å². The highest BCUT2D eigenvalue weighted by Gasteiger charge is 2.36. The summed E-state index contributed by atoms with van der Waals surface area (Å²) in [6, 6.07) is 21.8. The van der Waals surface area contributed by atoms with Crippen molar-refractivity contribution >= 4 is 27.5 Å². The molecule has 0 saturated carbocycles. The molecule has 3 aromatic rings. The summed E-state index contributed by atoms with van der Waals surface area (Å²) in [6.45, 7) is 0.583. The van der Waals surface area contributed by atoms with E-state index in [9.17, 15) is 13.2 Å². The molecule has 33 heavy (non-hydrogen) atoms. The highest BCUT2D eigenvalue weighted by molar-refractivity contribution is 7.89. The molecule has 1 N–H and O–H groups in total. The van der Waals surface area contributed by atoms with E-state index in [-0.39, 0.29) is 17.3 Å². The van der Waals surface area contributed by atoms with E-state index >= 15 is 0 Å². The van der Waals surface area contributed by atoms with Crippen molar-refractivity contribution < 1.29 is 17.9 Å². The van der Waals surface area contributed by atoms with Gasteiger partial charge >= 0.3 is 0 Å². The summed E-state index contributed by atoms with van der Waals surface area (Å²) in [5.74, 6) is 0.998. The lowest BCUT2D eigenvalue weighted by Crippen LogP contribution is -2.48. The Labute approximate surface area is 199 Å². The minimum absolute atomic E-state index is 0.0367. The van der Waals surface area contributed by atoms with E-state index in [2.05, 4.69) is 5.32 Å². The number of halogens is 1. The van der Waals surface area contributed by atoms with Crippen LogP contribution in [0.4, 0.5) is 0 Å². The summed E-state index contributed by atoms with van der Waals surface area (Å²) < 4.78 is 34.5. The Morgan fingerprint density at radius 1 is 0.939 bits per heavy atom. The van der Waals surface area contributed by atoms with Gasteiger partial charge in [-0.25, -0.2) is 8.42 Å². The lowest BCUT2D eigenvalue weighted by molar-refractivity contribution is -0.124. The van der Waals surface area contributed by atoms with Crippen molar-refractivity contribution in [2.45, 2.75) is 36.7 Å². The molecule has 1 amide bonds. The predicted octanol–water partition coefficient (Wildman–Crippen LogP) is 4.99. The molecular formula is C25H25ClN2O4S. The fourth-order valence-electron chi connectivity index (χ4n) is 3.81. The number of carbonyl (C=O) groups is 1. The van der Waals surface area contributed by atoms with E-state index < -0.39 is 16.1 Å². The van der Waals surface area contributed by atoms with Gasteiger partial charge in [-0.15, -0.1) is 0 Å². The van der Waals surface area contributed by atoms with Crippen molar-refractivity contribution in [2.75, 3.05) is 6.54 Å². The first-order chi connectivity index (χ1) is 15.9. The van der Waals surface area contributed by atoms with Crippen molar-refractivity contribution in [1.82, 2.24) is 9.62 Å². The van der Waals surface area contributed by atoms with Crippen LogP contribution in [0.15, 0.2) is 83.8 Å². The molecule has 1 saturated heterocycles. The van der Waals surface area contributed by atoms with E-state index in [4.69, 9.17) is 16.3 Å². The largest absolute Gasteiger partial charge is 0.457 e. The van der Waals surface area contributed by atoms with Gasteiger partial charge in [0.25, 0.3) is 0 Å². The molecule has 0 aliphatic carbocycles. The number of rotatable bonds is 7. The molecule has 0 spiro atoms. The Hall–Kier alpha value is -2.87. The molecule has 0 radical (unpaired) electrons. The van der Waals surface area contributed by atoms with Crippen LogP contribution < -0.4 is 10.1 Å². The molecule has 0 bridgehead atoms. The third kappa shape index (κ3) is 5.74. The smallest absolute Gasteiger partial charge is 0.244 e. The Morgan fingerprint density at radius 3 is 2.42 bits per heavy atom. The molecular weight excluding hydrogens is 460 g/mol. The molecule has 8 heteroatoms. The van der Waals surface area contributed by atoms with Crippen LogP contribution in [-0.4, -0.2) is 31.2 Å². The number of hydrogen-bond acceptors (Lipinski definition) is 4. The van der Waals surface area contributed by atoms with Crippen LogP contribution in [0.2, 0.25) is 5.02 Å². The monoisotopic (exact) mass is 484 g/mol. The van der Waals surface area contributed by atoms with E-state index in [1.54, 1.807) is 6.07 Å². The third-order valence-electron chi connectivity index (χ3n) is 5.49. The molecule has 6 nitrogen and oxygen atoms in total. The topological polar surface area (TPSA) is 75.7 Å². The zero-order valence-corrected chi connectivity index (χ0v) is 19.6. The number of carbonyl (C=O) groups excluding carboxylic acids is 1. The summed E-state index contributed by atoms with van der Waals surface area (Å²) in [5, 5.41) is 3.29. The number of nitrogens with one attached hydrogen (secondary N) is 1. The van der Waals surface area contributed by atoms with E-state index in [1.165, 1.54) is 28.6 Å². The first-order valence-electron chi connectivity index (χ1n) is 10.8. The molecule has 0 aromatic heterocycles. The Balaban J connectivity index is 1.67. The Morgan fingerprint density at radius 2 is 1.67 bits per heavy atom. The van der Waals surface area contributed by atoms with Gasteiger partial charge in [-0.3, -0.25) is 4.79 Å². The summed E-state index contributed by atoms with van der Waals surface area (Å²) in [7, 11) is -3.96. The van der Waals surface area contributed by atoms with Gasteiger partial charge in [-0.2, -0.15) is 4.31 Å². The zero-order valence-electron chi connectivity index (χ0n) is 18.0. The minimum atomic E-state index is -3.96. The van der Waals surface area contributed by atoms with E-state index in [0.717, 1.165) is 18.4 Å². The number of sulfonamides is 1. The van der Waals surface area contributed by atoms with Crippen LogP contribution in [0, 0.1) is 0 Å². The normalized spacial score (nSPS) is 16.8. The average Bonchev–Trinajstić information content (AvgIpc) is 3.03. The number of amides is 1. The van der Waals surface area contributed by atoms with Crippen LogP contribution in [0.5, 0.6) is 11.5 Å². The van der Waals surface area contributed by atoms with Crippen LogP contribution in [0.1, 0.15) is 24.8 Å². The van der Waals surface area contributed by atoms with Gasteiger partial charge in [-0.1, -0.05) is 41.9 Å². The zero-order chi connectivity index (χ0) is 23.3. The lowest BCUT2D eigenvalue weighted by atomic mass is 10.1. The van der Waals surface area contributed by atoms with Gasteiger partial charge < -0.3 is 10.1 Å². The number of benzene rings is 3. The fourth-order valence-corrected chi connectivity index (χ4v) is 5.55. The van der Waals surface area contributed by atoms with E-state index in [0.29, 0.717) is 29.5 Å². The van der Waals surface area contributed by atoms with Gasteiger partial charge in [0.2, 0.25) is 15.9 Å². The predicted molar refractivity (Wildman–Crippen MR) is 128 cm³/mol. The number of para-hydroxylation sites is 1. The SMILES string of the molecule is O=C1NCCCCC1N(Cc1cccc(Oc2ccccc2)c1)S(=O)(=O)c1ccc(Cl)cc1. The van der Waals surface area contributed by atoms with Gasteiger partial charge in [0.1, 0.15) is 17.5 Å². The molecule has 1 heterocycles. The van der Waals surface area contributed by atoms with Gasteiger partial charge in [0.05, 0.1) is 4.90 Å². The van der Waals surface area contributed by atoms with Crippen molar-refractivity contribution in [2.24, 2.45) is 0 Å². The quantitative estimate of drug-likeness (QED) is 0.512. The van der Waals surface area contributed by atoms with Crippen molar-refractivity contribution in [3.8, 4) is 11.5 Å². The first kappa shape index (κ1) is 23.3. The Bertz CT molecular complexity index is 1200. The van der Waals surface area contributed by atoms with Crippen LogP contribution in [0.3, 0.4) is 0 Å². The van der Waals surface area contributed by atoms with Crippen molar-refractivity contribution in [3.05, 3.63) is 89.4 Å². The number of ether oxygens (including phenoxy) is 1. The maximum absolute atomic E-state index is 13.7. The highest BCUT2D eigenvalue weighted by atomic mass is 35.5. The summed E-state index contributed by atoms with van der Waals surface area (Å²) in [5.41, 5.74) is 0.720. The van der Waals surface area contributed by atoms with Gasteiger partial charge in [0, 0.05) is 18.1 Å². The van der Waals surface area contributed by atoms with Gasteiger partial charge in [0.15, 0.2) is 0 Å². The second kappa shape index (κ2) is 10.4. The van der Waals surface area contributed by atoms with Gasteiger partial charge in [-0.05, 0) is 73.4 Å². The summed E-state index contributed by atoms with van der Waals surface area (Å²) >= 11 is 5.96. The molecule has 1 fully saturated rings. The Kier molecular flexibility index (Phi) is 7.33. The molecule has 3 aromatic carbocycles. The molecule has 1 aliphatic rings. The molecule has 1 aliphatic heterocycles. The maximum Gasteiger partial charge on any atom is 0.244 e. The first-order valence-corrected chi connectivity index (χ1v) is 12.6. The second-order valence-corrected chi connectivity index (χ2v) is 10.2. The lowest BCUT2D eigenvalue weighted by Gasteiger charge is -2.29. The van der Waals surface area contributed by atoms with Crippen molar-refractivity contribution in [3.63, 3.8) is 0 Å². The molecule has 4 rings (SSSR count). The summed E-state index contributed by atoms with van der Waals surface area (Å²) in [6.07, 6.45) is 2.03. The van der Waals surface area contributed by atoms with Crippen LogP contribution in [-0.2, 0) is 21.4 Å². The van der Waals surface area contributed by atoms with Crippen LogP contribution in [0.25, 0.3) is 0 Å². The van der Waals surface area contributed by atoms with Crippen LogP contribution >= 0.6 is 11.6 Å². The number of nitrogens with zero attached hydrogens (tertiary/aromatic N) is 1. The molecule has 1 atom stereocenters. The highest BCUT2D eigenvalue weighted by Crippen LogP contribution is 2.28. The van der Waals surface area contributed by atoms with Crippen molar-refractivity contribution in [1.29, 1.82) is 0 Å². The third-order valence-corrected chi connectivity index (χ3v) is 7.61.